The van der Waals surface area contributed by atoms with Gasteiger partial charge in [-0.3, -0.25) is 13.9 Å². The zero-order valence-corrected chi connectivity index (χ0v) is 26.2. The number of sulfonamides is 1. The Kier molecular flexibility index (Phi) is 12.2. The van der Waals surface area contributed by atoms with E-state index < -0.39 is 21.9 Å². The van der Waals surface area contributed by atoms with Gasteiger partial charge in [-0.25, -0.2) is 12.8 Å². The van der Waals surface area contributed by atoms with E-state index in [1.165, 1.54) is 23.1 Å². The van der Waals surface area contributed by atoms with Crippen LogP contribution in [0, 0.1) is 11.7 Å². The average Bonchev–Trinajstić information content (AvgIpc) is 2.94. The van der Waals surface area contributed by atoms with Crippen molar-refractivity contribution in [3.05, 3.63) is 99.8 Å². The zero-order valence-electron chi connectivity index (χ0n) is 23.9. The quantitative estimate of drug-likeness (QED) is 0.232. The Morgan fingerprint density at radius 3 is 2.21 bits per heavy atom. The largest absolute Gasteiger partial charge is 0.354 e. The molecular weight excluding hydrogens is 600 g/mol. The summed E-state index contributed by atoms with van der Waals surface area (Å²) in [6.45, 7) is 4.35. The van der Waals surface area contributed by atoms with Gasteiger partial charge in [-0.05, 0) is 47.7 Å². The third kappa shape index (κ3) is 9.71. The Balaban J connectivity index is 1.91. The molecule has 0 aliphatic rings. The number of hydrogen-bond donors (Lipinski definition) is 1. The van der Waals surface area contributed by atoms with Crippen molar-refractivity contribution in [1.29, 1.82) is 0 Å². The molecule has 0 aliphatic heterocycles. The Morgan fingerprint density at radius 1 is 0.929 bits per heavy atom. The van der Waals surface area contributed by atoms with Crippen LogP contribution < -0.4 is 9.62 Å². The molecule has 3 rings (SSSR count). The molecule has 0 fully saturated rings. The summed E-state index contributed by atoms with van der Waals surface area (Å²) in [5.41, 5.74) is 1.46. The van der Waals surface area contributed by atoms with Crippen LogP contribution in [0.25, 0.3) is 0 Å². The lowest BCUT2D eigenvalue weighted by molar-refractivity contribution is -0.141. The normalized spacial score (nSPS) is 12.2. The number of halogens is 3. The number of benzene rings is 3. The number of nitrogens with zero attached hydrogens (tertiary/aromatic N) is 2. The van der Waals surface area contributed by atoms with Gasteiger partial charge >= 0.3 is 0 Å². The smallest absolute Gasteiger partial charge is 0.243 e. The van der Waals surface area contributed by atoms with Gasteiger partial charge in [-0.2, -0.15) is 0 Å². The van der Waals surface area contributed by atoms with Crippen molar-refractivity contribution in [3.8, 4) is 0 Å². The molecule has 1 unspecified atom stereocenters. The van der Waals surface area contributed by atoms with Gasteiger partial charge in [0.05, 0.1) is 22.0 Å². The highest BCUT2D eigenvalue weighted by Crippen LogP contribution is 2.25. The first-order chi connectivity index (χ1) is 19.9. The molecule has 7 nitrogen and oxygen atoms in total. The predicted molar refractivity (Wildman–Crippen MR) is 167 cm³/mol. The van der Waals surface area contributed by atoms with Crippen molar-refractivity contribution in [2.45, 2.75) is 45.7 Å². The summed E-state index contributed by atoms with van der Waals surface area (Å²) in [4.78, 5) is 28.9. The molecule has 0 saturated carbocycles. The summed E-state index contributed by atoms with van der Waals surface area (Å²) in [5, 5.41) is 3.64. The highest BCUT2D eigenvalue weighted by molar-refractivity contribution is 7.92. The highest BCUT2D eigenvalue weighted by atomic mass is 35.5. The second-order valence-corrected chi connectivity index (χ2v) is 13.2. The van der Waals surface area contributed by atoms with E-state index in [1.807, 2.05) is 44.2 Å². The minimum atomic E-state index is -3.82. The van der Waals surface area contributed by atoms with Gasteiger partial charge in [0.25, 0.3) is 0 Å². The zero-order chi connectivity index (χ0) is 30.9. The van der Waals surface area contributed by atoms with Crippen molar-refractivity contribution >= 4 is 50.7 Å². The lowest BCUT2D eigenvalue weighted by Crippen LogP contribution is -2.51. The second-order valence-electron chi connectivity index (χ2n) is 10.5. The van der Waals surface area contributed by atoms with Crippen molar-refractivity contribution < 1.29 is 22.4 Å². The van der Waals surface area contributed by atoms with E-state index in [0.717, 1.165) is 16.1 Å². The first kappa shape index (κ1) is 33.4. The highest BCUT2D eigenvalue weighted by Gasteiger charge is 2.31. The SMILES string of the molecule is CC(C)CNC(=O)C(Cc1ccccc1)N(Cc1ccc(Cl)c(Cl)c1)C(=O)CCCN(c1ccccc1F)S(C)(=O)=O. The minimum Gasteiger partial charge on any atom is -0.354 e. The molecule has 0 spiro atoms. The molecule has 0 heterocycles. The maximum Gasteiger partial charge on any atom is 0.243 e. The molecule has 3 aromatic carbocycles. The summed E-state index contributed by atoms with van der Waals surface area (Å²) in [6.07, 6.45) is 1.28. The first-order valence-electron chi connectivity index (χ1n) is 13.6. The van der Waals surface area contributed by atoms with Crippen LogP contribution in [-0.2, 0) is 32.6 Å². The van der Waals surface area contributed by atoms with Crippen LogP contribution in [0.4, 0.5) is 10.1 Å². The third-order valence-corrected chi connectivity index (χ3v) is 8.48. The van der Waals surface area contributed by atoms with Gasteiger partial charge in [-0.1, -0.05) is 85.6 Å². The van der Waals surface area contributed by atoms with Crippen molar-refractivity contribution in [1.82, 2.24) is 10.2 Å². The van der Waals surface area contributed by atoms with E-state index in [9.17, 15) is 22.4 Å². The Bertz CT molecular complexity index is 1470. The summed E-state index contributed by atoms with van der Waals surface area (Å²) < 4.78 is 40.4. The molecule has 1 atom stereocenters. The van der Waals surface area contributed by atoms with Crippen LogP contribution in [0.3, 0.4) is 0 Å². The van der Waals surface area contributed by atoms with E-state index >= 15 is 0 Å². The molecule has 0 aromatic heterocycles. The number of para-hydroxylation sites is 1. The van der Waals surface area contributed by atoms with Crippen molar-refractivity contribution in [2.24, 2.45) is 5.92 Å². The fraction of sp³-hybridized carbons (Fsp3) is 0.355. The van der Waals surface area contributed by atoms with Gasteiger partial charge < -0.3 is 10.2 Å². The number of anilines is 1. The van der Waals surface area contributed by atoms with Gasteiger partial charge in [0.1, 0.15) is 11.9 Å². The Labute approximate surface area is 257 Å². The predicted octanol–water partition coefficient (Wildman–Crippen LogP) is 6.09. The van der Waals surface area contributed by atoms with Crippen LogP contribution in [0.1, 0.15) is 37.8 Å². The third-order valence-electron chi connectivity index (χ3n) is 6.57. The van der Waals surface area contributed by atoms with Gasteiger partial charge in [0, 0.05) is 32.5 Å². The standard InChI is InChI=1S/C31H36Cl2FN3O4S/c1-22(2)20-35-31(39)29(19-23-10-5-4-6-11-23)36(21-24-15-16-25(32)26(33)18-24)30(38)14-9-17-37(42(3,40)41)28-13-8-7-12-27(28)34/h4-8,10-13,15-16,18,22,29H,9,14,17,19-21H2,1-3H3,(H,35,39). The summed E-state index contributed by atoms with van der Waals surface area (Å²) in [6, 6.07) is 19.1. The van der Waals surface area contributed by atoms with E-state index in [2.05, 4.69) is 5.32 Å². The van der Waals surface area contributed by atoms with E-state index in [1.54, 1.807) is 24.3 Å². The molecule has 42 heavy (non-hydrogen) atoms. The Hall–Kier alpha value is -3.14. The van der Waals surface area contributed by atoms with Crippen LogP contribution in [0.15, 0.2) is 72.8 Å². The van der Waals surface area contributed by atoms with Crippen LogP contribution in [0.5, 0.6) is 0 Å². The molecule has 0 bridgehead atoms. The number of amides is 2. The maximum absolute atomic E-state index is 14.5. The molecule has 0 aliphatic carbocycles. The van der Waals surface area contributed by atoms with E-state index in [0.29, 0.717) is 22.2 Å². The van der Waals surface area contributed by atoms with Crippen molar-refractivity contribution in [2.75, 3.05) is 23.7 Å². The Morgan fingerprint density at radius 2 is 1.60 bits per heavy atom. The maximum atomic E-state index is 14.5. The second kappa shape index (κ2) is 15.4. The minimum absolute atomic E-state index is 0.0748. The first-order valence-corrected chi connectivity index (χ1v) is 16.2. The van der Waals surface area contributed by atoms with E-state index in [-0.39, 0.29) is 55.8 Å². The average molecular weight is 637 g/mol. The fourth-order valence-electron chi connectivity index (χ4n) is 4.45. The number of carbonyl (C=O) groups is 2. The van der Waals surface area contributed by atoms with Crippen molar-refractivity contribution in [3.63, 3.8) is 0 Å². The molecule has 0 radical (unpaired) electrons. The monoisotopic (exact) mass is 635 g/mol. The number of rotatable bonds is 14. The molecule has 0 saturated heterocycles. The number of carbonyl (C=O) groups excluding carboxylic acids is 2. The molecule has 1 N–H and O–H groups in total. The molecule has 2 amide bonds. The molecule has 11 heteroatoms. The molecule has 3 aromatic rings. The molecule has 226 valence electrons. The summed E-state index contributed by atoms with van der Waals surface area (Å²) in [5.74, 6) is -1.14. The van der Waals surface area contributed by atoms with Gasteiger partial charge in [-0.15, -0.1) is 0 Å². The van der Waals surface area contributed by atoms with Crippen LogP contribution >= 0.6 is 23.2 Å². The fourth-order valence-corrected chi connectivity index (χ4v) is 5.73. The van der Waals surface area contributed by atoms with Gasteiger partial charge in [0.15, 0.2) is 0 Å². The lowest BCUT2D eigenvalue weighted by Gasteiger charge is -2.32. The van der Waals surface area contributed by atoms with Gasteiger partial charge in [0.2, 0.25) is 21.8 Å². The van der Waals surface area contributed by atoms with Crippen LogP contribution in [-0.4, -0.2) is 50.5 Å². The summed E-state index contributed by atoms with van der Waals surface area (Å²) in [7, 11) is -3.82. The number of nitrogens with one attached hydrogen (secondary N) is 1. The summed E-state index contributed by atoms with van der Waals surface area (Å²) >= 11 is 12.4. The van der Waals surface area contributed by atoms with E-state index in [4.69, 9.17) is 23.2 Å². The van der Waals surface area contributed by atoms with Crippen LogP contribution in [0.2, 0.25) is 10.0 Å². The topological polar surface area (TPSA) is 86.8 Å². The number of hydrogen-bond acceptors (Lipinski definition) is 4. The lowest BCUT2D eigenvalue weighted by atomic mass is 10.0. The molecular formula is C31H36Cl2FN3O4S.